The summed E-state index contributed by atoms with van der Waals surface area (Å²) >= 11 is 0. The fraction of sp³-hybridized carbons (Fsp3) is 0.917. The van der Waals surface area contributed by atoms with E-state index >= 15 is 0 Å². The molecule has 2 unspecified atom stereocenters. The van der Waals surface area contributed by atoms with Gasteiger partial charge in [0.2, 0.25) is 0 Å². The Balaban J connectivity index is 3.57. The zero-order valence-corrected chi connectivity index (χ0v) is 19.3. The summed E-state index contributed by atoms with van der Waals surface area (Å²) in [5, 5.41) is 11.2. The van der Waals surface area contributed by atoms with Crippen molar-refractivity contribution >= 4 is 38.5 Å². The molecule has 0 saturated carbocycles. The predicted molar refractivity (Wildman–Crippen MR) is 96.8 cm³/mol. The molecular weight excluding hydrogens is 355 g/mol. The molecule has 1 fully saturated rings. The van der Waals surface area contributed by atoms with Gasteiger partial charge in [0.05, 0.1) is 4.79 Å². The van der Waals surface area contributed by atoms with Gasteiger partial charge in [-0.25, -0.2) is 4.57 Å². The highest BCUT2D eigenvalue weighted by Crippen LogP contribution is 2.77. The van der Waals surface area contributed by atoms with Crippen LogP contribution in [0.4, 0.5) is 0 Å². The number of aliphatic hydroxyl groups is 1. The third kappa shape index (κ3) is 2.74. The Hall–Kier alpha value is 0.231. The quantitative estimate of drug-likeness (QED) is 0.339. The molecule has 1 aliphatic heterocycles. The molecule has 2 atom stereocenters. The van der Waals surface area contributed by atoms with Crippen LogP contribution in [0.5, 0.6) is 0 Å². The van der Waals surface area contributed by atoms with Crippen LogP contribution in [0.2, 0.25) is 58.9 Å². The van der Waals surface area contributed by atoms with Gasteiger partial charge < -0.3 is 12.7 Å². The number of hydrogen-bond donors (Lipinski definition) is 1. The summed E-state index contributed by atoms with van der Waals surface area (Å²) < 4.78 is 24.0. The Bertz CT molecular complexity index is 504. The van der Waals surface area contributed by atoms with Gasteiger partial charge in [-0.15, -0.1) is 0 Å². The van der Waals surface area contributed by atoms with E-state index in [0.717, 1.165) is 0 Å². The van der Waals surface area contributed by atoms with E-state index in [-0.39, 0.29) is 0 Å². The highest BCUT2D eigenvalue weighted by atomic mass is 31.2. The first kappa shape index (κ1) is 20.3. The summed E-state index contributed by atoms with van der Waals surface area (Å²) in [4.78, 5) is 12.8. The Morgan fingerprint density at radius 2 is 1.41 bits per heavy atom. The minimum atomic E-state index is -3.76. The summed E-state index contributed by atoms with van der Waals surface area (Å²) in [6.45, 7) is 17.8. The Morgan fingerprint density at radius 3 is 1.64 bits per heavy atom. The van der Waals surface area contributed by atoms with Crippen molar-refractivity contribution in [1.82, 2.24) is 0 Å². The summed E-state index contributed by atoms with van der Waals surface area (Å²) in [7, 11) is -9.16. The van der Waals surface area contributed by atoms with Gasteiger partial charge in [0.1, 0.15) is 0 Å². The van der Waals surface area contributed by atoms with Crippen LogP contribution in [0.25, 0.3) is 0 Å². The van der Waals surface area contributed by atoms with Crippen molar-refractivity contribution in [2.45, 2.75) is 64.5 Å². The monoisotopic (exact) mass is 386 g/mol. The highest BCUT2D eigenvalue weighted by molar-refractivity contribution is 7.62. The normalized spacial score (nSPS) is 30.7. The van der Waals surface area contributed by atoms with Crippen molar-refractivity contribution in [2.24, 2.45) is 0 Å². The van der Waals surface area contributed by atoms with Crippen LogP contribution >= 0.6 is 7.60 Å². The lowest BCUT2D eigenvalue weighted by molar-refractivity contribution is -0.231. The molecule has 22 heavy (non-hydrogen) atoms. The minimum absolute atomic E-state index is 0.563. The van der Waals surface area contributed by atoms with Crippen LogP contribution in [0.1, 0.15) is 0 Å². The SMILES string of the molecule is COP1(=O)[O+]([Si](C)(C)C)C(=O)C1(O)[O+]([Si](C)(C)C)[Si](C)(C)C. The lowest BCUT2D eigenvalue weighted by Gasteiger charge is -2.58. The third-order valence-corrected chi connectivity index (χ3v) is 16.4. The van der Waals surface area contributed by atoms with Gasteiger partial charge in [-0.2, -0.15) is 0 Å². The van der Waals surface area contributed by atoms with Crippen molar-refractivity contribution < 1.29 is 26.6 Å². The van der Waals surface area contributed by atoms with Crippen LogP contribution < -0.4 is 0 Å². The maximum absolute atomic E-state index is 13.4. The van der Waals surface area contributed by atoms with Crippen LogP contribution in [0.3, 0.4) is 0 Å². The number of carbonyl (C=O) groups excluding carboxylic acids is 1. The molecule has 1 heterocycles. The molecule has 1 aliphatic rings. The van der Waals surface area contributed by atoms with Crippen molar-refractivity contribution in [3.8, 4) is 0 Å². The van der Waals surface area contributed by atoms with Gasteiger partial charge in [0, 0.05) is 46.4 Å². The second kappa shape index (κ2) is 5.37. The van der Waals surface area contributed by atoms with E-state index in [0.29, 0.717) is 0 Å². The van der Waals surface area contributed by atoms with Gasteiger partial charge in [-0.1, -0.05) is 0 Å². The molecule has 130 valence electrons. The first-order valence-corrected chi connectivity index (χ1v) is 19.1. The third-order valence-electron chi connectivity index (χ3n) is 3.38. The number of rotatable bonds is 5. The molecular formula is C12H31O6PSi3+2. The van der Waals surface area contributed by atoms with Gasteiger partial charge in [-0.05, 0) is 19.6 Å². The van der Waals surface area contributed by atoms with Gasteiger partial charge in [0.15, 0.2) is 0 Å². The van der Waals surface area contributed by atoms with Crippen LogP contribution in [-0.2, 0) is 21.5 Å². The lowest BCUT2D eigenvalue weighted by Crippen LogP contribution is -2.74. The smallest absolute Gasteiger partial charge is 0.567 e. The summed E-state index contributed by atoms with van der Waals surface area (Å²) in [5.41, 5.74) is -2.11. The molecule has 1 saturated heterocycles. The highest BCUT2D eigenvalue weighted by Gasteiger charge is 2.91. The van der Waals surface area contributed by atoms with E-state index in [4.69, 9.17) is 4.52 Å². The maximum atomic E-state index is 13.4. The van der Waals surface area contributed by atoms with Crippen LogP contribution in [-0.4, -0.2) is 48.7 Å². The molecule has 6 nitrogen and oxygen atoms in total. The Kier molecular flexibility index (Phi) is 4.95. The number of carbonyl (C=O) groups is 1. The molecule has 10 heteroatoms. The molecule has 0 spiro atoms. The largest absolute Gasteiger partial charge is 0.631 e. The van der Waals surface area contributed by atoms with Gasteiger partial charge >= 0.3 is 44.0 Å². The van der Waals surface area contributed by atoms with E-state index in [1.54, 1.807) is 0 Å². The van der Waals surface area contributed by atoms with Crippen LogP contribution in [0, 0.1) is 0 Å². The number of hydrogen-bond acceptors (Lipinski definition) is 4. The van der Waals surface area contributed by atoms with Crippen molar-refractivity contribution in [2.75, 3.05) is 7.11 Å². The van der Waals surface area contributed by atoms with Gasteiger partial charge in [0.25, 0.3) is 0 Å². The zero-order valence-electron chi connectivity index (χ0n) is 15.4. The van der Waals surface area contributed by atoms with Crippen LogP contribution in [0.15, 0.2) is 0 Å². The van der Waals surface area contributed by atoms with Crippen molar-refractivity contribution in [3.05, 3.63) is 0 Å². The minimum Gasteiger partial charge on any atom is -0.567 e. The summed E-state index contributed by atoms with van der Waals surface area (Å²) in [5.74, 6) is -0.563. The fourth-order valence-corrected chi connectivity index (χ4v) is 20.4. The predicted octanol–water partition coefficient (Wildman–Crippen LogP) is 3.62. The Labute approximate surface area is 137 Å². The molecule has 1 rings (SSSR count). The molecule has 0 radical (unpaired) electrons. The zero-order chi connectivity index (χ0) is 17.9. The van der Waals surface area contributed by atoms with E-state index in [9.17, 15) is 14.5 Å². The molecule has 0 amide bonds. The molecule has 0 aromatic carbocycles. The van der Waals surface area contributed by atoms with Crippen molar-refractivity contribution in [3.63, 3.8) is 0 Å². The summed E-state index contributed by atoms with van der Waals surface area (Å²) in [6, 6.07) is 0. The van der Waals surface area contributed by atoms with E-state index < -0.39 is 44.0 Å². The maximum Gasteiger partial charge on any atom is 0.631 e. The average Bonchev–Trinajstić information content (AvgIpc) is 2.22. The van der Waals surface area contributed by atoms with E-state index in [1.165, 1.54) is 7.11 Å². The van der Waals surface area contributed by atoms with E-state index in [2.05, 4.69) is 7.59 Å². The van der Waals surface area contributed by atoms with Crippen molar-refractivity contribution in [1.29, 1.82) is 0 Å². The lowest BCUT2D eigenvalue weighted by atomic mass is 10.6. The second-order valence-corrected chi connectivity index (χ2v) is 25.5. The molecule has 1 N–H and O–H groups in total. The fourth-order valence-electron chi connectivity index (χ4n) is 3.24. The topological polar surface area (TPSA) is 69.0 Å². The Morgan fingerprint density at radius 1 is 1.05 bits per heavy atom. The molecule has 0 aromatic heterocycles. The van der Waals surface area contributed by atoms with E-state index in [1.807, 2.05) is 58.9 Å². The van der Waals surface area contributed by atoms with Gasteiger partial charge in [-0.3, -0.25) is 4.52 Å². The standard InChI is InChI=1S/C12H31O6PSi3/c1-16-19(15)12(14,11(13)17(19)20(2,3)4)18(21(5,6)7)22(8,9)10/h14H,1-10H3/q+2. The molecule has 0 aliphatic carbocycles. The summed E-state index contributed by atoms with van der Waals surface area (Å²) in [6.07, 6.45) is 0. The first-order valence-electron chi connectivity index (χ1n) is 7.38. The average molecular weight is 387 g/mol. The molecule has 0 aromatic rings. The second-order valence-electron chi connectivity index (χ2n) is 8.50. The first-order chi connectivity index (χ1) is 9.45. The molecule has 0 bridgehead atoms.